The first kappa shape index (κ1) is 17.5. The summed E-state index contributed by atoms with van der Waals surface area (Å²) in [4.78, 5) is 14.3. The number of rotatable bonds is 4. The molecule has 2 aromatic rings. The van der Waals surface area contributed by atoms with Gasteiger partial charge in [0, 0.05) is 18.8 Å². The number of aryl methyl sites for hydroxylation is 2. The van der Waals surface area contributed by atoms with Crippen LogP contribution in [0.2, 0.25) is 0 Å². The SMILES string of the molecule is Cc1ccc(NC(=O)N2CCC(OCc3ccccc3)CC2)cc1C. The standard InChI is InChI=1S/C21H26N2O2/c1-16-8-9-19(14-17(16)2)22-21(24)23-12-10-20(11-13-23)25-15-18-6-4-3-5-7-18/h3-9,14,20H,10-13,15H2,1-2H3,(H,22,24). The Labute approximate surface area is 149 Å². The molecule has 132 valence electrons. The lowest BCUT2D eigenvalue weighted by atomic mass is 10.1. The smallest absolute Gasteiger partial charge is 0.321 e. The Hall–Kier alpha value is -2.33. The molecule has 1 saturated heterocycles. The molecule has 1 aliphatic rings. The molecule has 1 fully saturated rings. The molecule has 2 aromatic carbocycles. The first-order valence-electron chi connectivity index (χ1n) is 8.90. The molecule has 2 amide bonds. The van der Waals surface area contributed by atoms with Gasteiger partial charge in [-0.05, 0) is 55.5 Å². The van der Waals surface area contributed by atoms with Gasteiger partial charge in [-0.25, -0.2) is 4.79 Å². The van der Waals surface area contributed by atoms with Crippen molar-refractivity contribution in [3.05, 3.63) is 65.2 Å². The van der Waals surface area contributed by atoms with Crippen LogP contribution in [0.15, 0.2) is 48.5 Å². The van der Waals surface area contributed by atoms with Crippen LogP contribution in [-0.4, -0.2) is 30.1 Å². The molecule has 0 aromatic heterocycles. The van der Waals surface area contributed by atoms with Crippen LogP contribution >= 0.6 is 0 Å². The number of likely N-dealkylation sites (tertiary alicyclic amines) is 1. The zero-order valence-electron chi connectivity index (χ0n) is 15.0. The van der Waals surface area contributed by atoms with E-state index in [1.54, 1.807) is 0 Å². The molecule has 0 atom stereocenters. The summed E-state index contributed by atoms with van der Waals surface area (Å²) >= 11 is 0. The van der Waals surface area contributed by atoms with Crippen LogP contribution < -0.4 is 5.32 Å². The summed E-state index contributed by atoms with van der Waals surface area (Å²) in [5, 5.41) is 3.00. The molecule has 4 heteroatoms. The number of hydrogen-bond donors (Lipinski definition) is 1. The van der Waals surface area contributed by atoms with Crippen molar-refractivity contribution < 1.29 is 9.53 Å². The lowest BCUT2D eigenvalue weighted by Gasteiger charge is -2.32. The second kappa shape index (κ2) is 8.17. The van der Waals surface area contributed by atoms with Gasteiger partial charge in [-0.2, -0.15) is 0 Å². The van der Waals surface area contributed by atoms with Gasteiger partial charge in [0.2, 0.25) is 0 Å². The van der Waals surface area contributed by atoms with Crippen molar-refractivity contribution in [3.8, 4) is 0 Å². The molecule has 0 bridgehead atoms. The van der Waals surface area contributed by atoms with E-state index in [0.717, 1.165) is 31.6 Å². The van der Waals surface area contributed by atoms with Crippen LogP contribution in [0.5, 0.6) is 0 Å². The van der Waals surface area contributed by atoms with Crippen LogP contribution in [0.3, 0.4) is 0 Å². The fourth-order valence-corrected chi connectivity index (χ4v) is 3.04. The van der Waals surface area contributed by atoms with Gasteiger partial charge in [-0.1, -0.05) is 36.4 Å². The van der Waals surface area contributed by atoms with Gasteiger partial charge in [-0.3, -0.25) is 0 Å². The highest BCUT2D eigenvalue weighted by Gasteiger charge is 2.23. The number of anilines is 1. The zero-order valence-corrected chi connectivity index (χ0v) is 15.0. The number of nitrogens with zero attached hydrogens (tertiary/aromatic N) is 1. The Morgan fingerprint density at radius 2 is 1.80 bits per heavy atom. The maximum absolute atomic E-state index is 12.4. The van der Waals surface area contributed by atoms with Crippen molar-refractivity contribution in [1.82, 2.24) is 4.90 Å². The van der Waals surface area contributed by atoms with E-state index >= 15 is 0 Å². The van der Waals surface area contributed by atoms with E-state index < -0.39 is 0 Å². The Balaban J connectivity index is 1.45. The number of piperidine rings is 1. The van der Waals surface area contributed by atoms with Crippen LogP contribution in [-0.2, 0) is 11.3 Å². The Bertz CT molecular complexity index is 707. The number of amides is 2. The third kappa shape index (κ3) is 4.83. The summed E-state index contributed by atoms with van der Waals surface area (Å²) in [6, 6.07) is 16.2. The van der Waals surface area contributed by atoms with Gasteiger partial charge in [0.05, 0.1) is 12.7 Å². The molecule has 1 N–H and O–H groups in total. The minimum Gasteiger partial charge on any atom is -0.373 e. The lowest BCUT2D eigenvalue weighted by Crippen LogP contribution is -2.43. The first-order chi connectivity index (χ1) is 12.1. The summed E-state index contributed by atoms with van der Waals surface area (Å²) in [5.74, 6) is 0. The molecule has 1 aliphatic heterocycles. The van der Waals surface area contributed by atoms with Crippen LogP contribution in [0.1, 0.15) is 29.5 Å². The fourth-order valence-electron chi connectivity index (χ4n) is 3.04. The largest absolute Gasteiger partial charge is 0.373 e. The Morgan fingerprint density at radius 1 is 1.08 bits per heavy atom. The van der Waals surface area contributed by atoms with Gasteiger partial charge in [0.1, 0.15) is 0 Å². The first-order valence-corrected chi connectivity index (χ1v) is 8.90. The van der Waals surface area contributed by atoms with Crippen LogP contribution in [0, 0.1) is 13.8 Å². The normalized spacial score (nSPS) is 15.2. The number of ether oxygens (including phenoxy) is 1. The number of carbonyl (C=O) groups excluding carboxylic acids is 1. The Morgan fingerprint density at radius 3 is 2.48 bits per heavy atom. The third-order valence-corrected chi connectivity index (χ3v) is 4.82. The minimum atomic E-state index is -0.0234. The molecule has 25 heavy (non-hydrogen) atoms. The highest BCUT2D eigenvalue weighted by molar-refractivity contribution is 5.89. The number of carbonyl (C=O) groups is 1. The van der Waals surface area contributed by atoms with Gasteiger partial charge < -0.3 is 15.0 Å². The monoisotopic (exact) mass is 338 g/mol. The van der Waals surface area contributed by atoms with E-state index in [1.165, 1.54) is 16.7 Å². The third-order valence-electron chi connectivity index (χ3n) is 4.82. The van der Waals surface area contributed by atoms with Crippen molar-refractivity contribution in [1.29, 1.82) is 0 Å². The highest BCUT2D eigenvalue weighted by Crippen LogP contribution is 2.18. The van der Waals surface area contributed by atoms with E-state index in [0.29, 0.717) is 6.61 Å². The molecule has 0 saturated carbocycles. The topological polar surface area (TPSA) is 41.6 Å². The maximum atomic E-state index is 12.4. The van der Waals surface area contributed by atoms with E-state index in [2.05, 4.69) is 31.3 Å². The van der Waals surface area contributed by atoms with Gasteiger partial charge in [-0.15, -0.1) is 0 Å². The predicted octanol–water partition coefficient (Wildman–Crippen LogP) is 4.52. The zero-order chi connectivity index (χ0) is 17.6. The Kier molecular flexibility index (Phi) is 5.71. The number of urea groups is 1. The quantitative estimate of drug-likeness (QED) is 0.891. The predicted molar refractivity (Wildman–Crippen MR) is 101 cm³/mol. The summed E-state index contributed by atoms with van der Waals surface area (Å²) in [6.07, 6.45) is 1.99. The molecule has 0 spiro atoms. The van der Waals surface area contributed by atoms with Gasteiger partial charge in [0.25, 0.3) is 0 Å². The van der Waals surface area contributed by atoms with Crippen molar-refractivity contribution in [2.45, 2.75) is 39.4 Å². The molecule has 0 unspecified atom stereocenters. The summed E-state index contributed by atoms with van der Waals surface area (Å²) in [7, 11) is 0. The molecule has 0 radical (unpaired) electrons. The summed E-state index contributed by atoms with van der Waals surface area (Å²) in [5.41, 5.74) is 4.47. The molecule has 4 nitrogen and oxygen atoms in total. The molecular formula is C21H26N2O2. The highest BCUT2D eigenvalue weighted by atomic mass is 16.5. The minimum absolute atomic E-state index is 0.0234. The molecule has 0 aliphatic carbocycles. The van der Waals surface area contributed by atoms with Crippen LogP contribution in [0.4, 0.5) is 10.5 Å². The summed E-state index contributed by atoms with van der Waals surface area (Å²) in [6.45, 7) is 6.23. The molecule has 1 heterocycles. The van der Waals surface area contributed by atoms with E-state index in [4.69, 9.17) is 4.74 Å². The molecule has 3 rings (SSSR count). The summed E-state index contributed by atoms with van der Waals surface area (Å²) < 4.78 is 5.99. The average Bonchev–Trinajstić information content (AvgIpc) is 2.64. The van der Waals surface area contributed by atoms with E-state index in [1.807, 2.05) is 41.3 Å². The number of hydrogen-bond acceptors (Lipinski definition) is 2. The van der Waals surface area contributed by atoms with Gasteiger partial charge in [0.15, 0.2) is 0 Å². The fraction of sp³-hybridized carbons (Fsp3) is 0.381. The second-order valence-electron chi connectivity index (χ2n) is 6.71. The van der Waals surface area contributed by atoms with Crippen molar-refractivity contribution >= 4 is 11.7 Å². The molecular weight excluding hydrogens is 312 g/mol. The second-order valence-corrected chi connectivity index (χ2v) is 6.71. The van der Waals surface area contributed by atoms with E-state index in [-0.39, 0.29) is 12.1 Å². The van der Waals surface area contributed by atoms with Gasteiger partial charge >= 0.3 is 6.03 Å². The maximum Gasteiger partial charge on any atom is 0.321 e. The number of nitrogens with one attached hydrogen (secondary N) is 1. The van der Waals surface area contributed by atoms with Crippen LogP contribution in [0.25, 0.3) is 0 Å². The average molecular weight is 338 g/mol. The lowest BCUT2D eigenvalue weighted by molar-refractivity contribution is 0.00540. The van der Waals surface area contributed by atoms with E-state index in [9.17, 15) is 4.79 Å². The van der Waals surface area contributed by atoms with Crippen molar-refractivity contribution in [2.24, 2.45) is 0 Å². The number of benzene rings is 2. The van der Waals surface area contributed by atoms with Crippen molar-refractivity contribution in [2.75, 3.05) is 18.4 Å². The van der Waals surface area contributed by atoms with Crippen molar-refractivity contribution in [3.63, 3.8) is 0 Å².